The van der Waals surface area contributed by atoms with Crippen LogP contribution in [0.2, 0.25) is 5.02 Å². The zero-order chi connectivity index (χ0) is 27.5. The van der Waals surface area contributed by atoms with Gasteiger partial charge in [0.15, 0.2) is 23.1 Å². The van der Waals surface area contributed by atoms with Gasteiger partial charge in [0.1, 0.15) is 6.61 Å². The summed E-state index contributed by atoms with van der Waals surface area (Å²) >= 11 is 9.87. The average Bonchev–Trinajstić information content (AvgIpc) is 2.91. The Bertz CT molecular complexity index is 1310. The Morgan fingerprint density at radius 1 is 0.974 bits per heavy atom. The van der Waals surface area contributed by atoms with E-state index in [1.165, 1.54) is 0 Å². The zero-order valence-electron chi connectivity index (χ0n) is 22.4. The number of halogens is 2. The van der Waals surface area contributed by atoms with E-state index >= 15 is 0 Å². The predicted octanol–water partition coefficient (Wildman–Crippen LogP) is 7.14. The number of allylic oxidation sites excluding steroid dienone is 4. The lowest BCUT2D eigenvalue weighted by Gasteiger charge is -2.44. The van der Waals surface area contributed by atoms with E-state index in [9.17, 15) is 9.59 Å². The van der Waals surface area contributed by atoms with Gasteiger partial charge in [-0.15, -0.1) is 0 Å². The first-order valence-corrected chi connectivity index (χ1v) is 14.7. The Kier molecular flexibility index (Phi) is 8.79. The van der Waals surface area contributed by atoms with Gasteiger partial charge >= 0.3 is 0 Å². The highest BCUT2D eigenvalue weighted by Crippen LogP contribution is 2.51. The molecule has 2 aliphatic carbocycles. The van der Waals surface area contributed by atoms with Crippen molar-refractivity contribution in [3.63, 3.8) is 0 Å². The van der Waals surface area contributed by atoms with E-state index in [2.05, 4.69) is 20.8 Å². The fraction of sp³-hybridized carbons (Fsp3) is 0.419. The molecule has 3 aliphatic rings. The molecule has 6 nitrogen and oxygen atoms in total. The number of nitrogens with zero attached hydrogens (tertiary/aromatic N) is 1. The van der Waals surface area contributed by atoms with Crippen LogP contribution in [0, 0.1) is 0 Å². The topological polar surface area (TPSA) is 65.1 Å². The number of benzene rings is 2. The van der Waals surface area contributed by atoms with Crippen molar-refractivity contribution in [1.29, 1.82) is 0 Å². The lowest BCUT2D eigenvalue weighted by molar-refractivity contribution is -0.117. The highest BCUT2D eigenvalue weighted by atomic mass is 79.9. The van der Waals surface area contributed by atoms with Crippen molar-refractivity contribution in [3.05, 3.63) is 79.6 Å². The molecule has 2 aromatic rings. The molecule has 0 unspecified atom stereocenters. The molecule has 206 valence electrons. The summed E-state index contributed by atoms with van der Waals surface area (Å²) in [5.74, 6) is 0.952. The van der Waals surface area contributed by atoms with E-state index in [1.807, 2.05) is 43.3 Å². The Labute approximate surface area is 243 Å². The molecular formula is C31H33BrClNO5. The molecule has 0 spiro atoms. The molecule has 0 amide bonds. The van der Waals surface area contributed by atoms with Crippen molar-refractivity contribution in [2.45, 2.75) is 58.0 Å². The van der Waals surface area contributed by atoms with Gasteiger partial charge in [0.2, 0.25) is 0 Å². The molecule has 0 aromatic heterocycles. The van der Waals surface area contributed by atoms with Crippen LogP contribution in [0.5, 0.6) is 11.5 Å². The van der Waals surface area contributed by atoms with Gasteiger partial charge in [0.25, 0.3) is 0 Å². The number of ketones is 2. The molecule has 0 N–H and O–H groups in total. The number of rotatable bonds is 9. The smallest absolute Gasteiger partial charge is 0.175 e. The lowest BCUT2D eigenvalue weighted by atomic mass is 9.71. The number of ether oxygens (including phenoxy) is 3. The summed E-state index contributed by atoms with van der Waals surface area (Å²) < 4.78 is 18.4. The Balaban J connectivity index is 1.60. The fourth-order valence-electron chi connectivity index (χ4n) is 5.94. The van der Waals surface area contributed by atoms with Crippen LogP contribution < -0.4 is 9.47 Å². The normalized spacial score (nSPS) is 17.9. The molecule has 2 aromatic carbocycles. The van der Waals surface area contributed by atoms with Crippen LogP contribution in [0.3, 0.4) is 0 Å². The van der Waals surface area contributed by atoms with Crippen LogP contribution in [-0.4, -0.2) is 43.3 Å². The van der Waals surface area contributed by atoms with Crippen LogP contribution in [0.4, 0.5) is 0 Å². The molecule has 0 radical (unpaired) electrons. The van der Waals surface area contributed by atoms with Gasteiger partial charge in [-0.3, -0.25) is 9.59 Å². The number of methoxy groups -OCH3 is 1. The minimum absolute atomic E-state index is 0.115. The summed E-state index contributed by atoms with van der Waals surface area (Å²) in [6.07, 6.45) is 4.23. The Hall–Kier alpha value is -2.61. The van der Waals surface area contributed by atoms with E-state index in [4.69, 9.17) is 25.8 Å². The van der Waals surface area contributed by atoms with Crippen molar-refractivity contribution in [2.24, 2.45) is 0 Å². The molecule has 0 saturated heterocycles. The van der Waals surface area contributed by atoms with Crippen LogP contribution >= 0.6 is 27.5 Å². The standard InChI is InChI=1S/C31H33BrClNO5/c1-3-38-27-17-20(16-22(32)31(27)39-18-19-7-4-8-21(33)15-19)28-29-23(9-5-11-25(29)35)34(13-14-37-2)24-10-6-12-26(36)30(24)28/h4,7-8,15-17,28H,3,5-6,9-14,18H2,1-2H3. The molecule has 1 aliphatic heterocycles. The quantitative estimate of drug-likeness (QED) is 0.299. The van der Waals surface area contributed by atoms with Crippen molar-refractivity contribution < 1.29 is 23.8 Å². The van der Waals surface area contributed by atoms with Crippen molar-refractivity contribution >= 4 is 39.1 Å². The number of carbonyl (C=O) groups excluding carboxylic acids is 2. The zero-order valence-corrected chi connectivity index (χ0v) is 24.7. The monoisotopic (exact) mass is 613 g/mol. The third kappa shape index (κ3) is 5.67. The van der Waals surface area contributed by atoms with Gasteiger partial charge in [-0.2, -0.15) is 0 Å². The minimum Gasteiger partial charge on any atom is -0.490 e. The summed E-state index contributed by atoms with van der Waals surface area (Å²) in [5, 5.41) is 0.648. The summed E-state index contributed by atoms with van der Waals surface area (Å²) in [6.45, 7) is 3.84. The molecule has 5 rings (SSSR count). The highest BCUT2D eigenvalue weighted by Gasteiger charge is 2.43. The van der Waals surface area contributed by atoms with Gasteiger partial charge in [0, 0.05) is 60.0 Å². The van der Waals surface area contributed by atoms with Gasteiger partial charge < -0.3 is 19.1 Å². The first kappa shape index (κ1) is 27.9. The van der Waals surface area contributed by atoms with Crippen LogP contribution in [-0.2, 0) is 20.9 Å². The molecular weight excluding hydrogens is 582 g/mol. The van der Waals surface area contributed by atoms with Crippen LogP contribution in [0.15, 0.2) is 63.4 Å². The van der Waals surface area contributed by atoms with Gasteiger partial charge in [-0.1, -0.05) is 23.7 Å². The fourth-order valence-corrected chi connectivity index (χ4v) is 6.73. The molecule has 8 heteroatoms. The first-order valence-electron chi connectivity index (χ1n) is 13.5. The second kappa shape index (κ2) is 12.3. The summed E-state index contributed by atoms with van der Waals surface area (Å²) in [6, 6.07) is 11.5. The third-order valence-corrected chi connectivity index (χ3v) is 8.37. The second-order valence-electron chi connectivity index (χ2n) is 10.0. The van der Waals surface area contributed by atoms with Crippen molar-refractivity contribution in [3.8, 4) is 11.5 Å². The van der Waals surface area contributed by atoms with Gasteiger partial charge in [-0.05, 0) is 83.9 Å². The Morgan fingerprint density at radius 2 is 1.67 bits per heavy atom. The highest BCUT2D eigenvalue weighted by molar-refractivity contribution is 9.10. The molecule has 0 atom stereocenters. The maximum Gasteiger partial charge on any atom is 0.175 e. The predicted molar refractivity (Wildman–Crippen MR) is 154 cm³/mol. The van der Waals surface area contributed by atoms with E-state index in [0.717, 1.165) is 59.4 Å². The molecule has 0 bridgehead atoms. The lowest BCUT2D eigenvalue weighted by Crippen LogP contribution is -2.40. The number of Topliss-reactive ketones (excluding diaryl/α,β-unsaturated/α-hetero) is 2. The summed E-state index contributed by atoms with van der Waals surface area (Å²) in [4.78, 5) is 29.3. The van der Waals surface area contributed by atoms with Gasteiger partial charge in [0.05, 0.1) is 17.7 Å². The number of hydrogen-bond donors (Lipinski definition) is 0. The minimum atomic E-state index is -0.424. The summed E-state index contributed by atoms with van der Waals surface area (Å²) in [5.41, 5.74) is 5.36. The van der Waals surface area contributed by atoms with Crippen molar-refractivity contribution in [1.82, 2.24) is 4.90 Å². The van der Waals surface area contributed by atoms with E-state index in [-0.39, 0.29) is 11.6 Å². The van der Waals surface area contributed by atoms with Crippen molar-refractivity contribution in [2.75, 3.05) is 26.9 Å². The molecule has 0 fully saturated rings. The largest absolute Gasteiger partial charge is 0.490 e. The van der Waals surface area contributed by atoms with Gasteiger partial charge in [-0.25, -0.2) is 0 Å². The van der Waals surface area contributed by atoms with Crippen LogP contribution in [0.1, 0.15) is 62.5 Å². The number of hydrogen-bond acceptors (Lipinski definition) is 6. The van der Waals surface area contributed by atoms with Crippen LogP contribution in [0.25, 0.3) is 0 Å². The molecule has 1 heterocycles. The SMILES string of the molecule is CCOc1cc(C2C3=C(CCCC3=O)N(CCOC)C3=C2C(=O)CCC3)cc(Br)c1OCc1cccc(Cl)c1. The second-order valence-corrected chi connectivity index (χ2v) is 11.3. The average molecular weight is 615 g/mol. The molecule has 39 heavy (non-hydrogen) atoms. The Morgan fingerprint density at radius 3 is 2.28 bits per heavy atom. The number of carbonyl (C=O) groups is 2. The summed E-state index contributed by atoms with van der Waals surface area (Å²) in [7, 11) is 1.68. The van der Waals surface area contributed by atoms with E-state index < -0.39 is 5.92 Å². The first-order chi connectivity index (χ1) is 18.9. The van der Waals surface area contributed by atoms with E-state index in [1.54, 1.807) is 7.11 Å². The maximum absolute atomic E-state index is 13.5. The maximum atomic E-state index is 13.5. The molecule has 0 saturated carbocycles. The third-order valence-electron chi connectivity index (χ3n) is 7.54. The van der Waals surface area contributed by atoms with E-state index in [0.29, 0.717) is 60.2 Å².